The second kappa shape index (κ2) is 6.54. The topological polar surface area (TPSA) is 59.1 Å². The van der Waals surface area contributed by atoms with E-state index in [-0.39, 0.29) is 5.75 Å². The standard InChI is InChI=1S/C9H15ClN2O2S2/c1-8-7-15-9(12-8)3-5-11-16(13,14)6-2-4-10/h7,11H,2-6H2,1H3. The van der Waals surface area contributed by atoms with E-state index in [2.05, 4.69) is 9.71 Å². The first-order valence-corrected chi connectivity index (χ1v) is 8.04. The molecule has 1 N–H and O–H groups in total. The van der Waals surface area contributed by atoms with Crippen molar-refractivity contribution in [2.45, 2.75) is 19.8 Å². The van der Waals surface area contributed by atoms with Crippen LogP contribution in [0.5, 0.6) is 0 Å². The molecule has 7 heteroatoms. The summed E-state index contributed by atoms with van der Waals surface area (Å²) in [6.07, 6.45) is 1.12. The number of aromatic nitrogens is 1. The lowest BCUT2D eigenvalue weighted by Crippen LogP contribution is -2.28. The third-order valence-corrected chi connectivity index (χ3v) is 4.64. The fourth-order valence-corrected chi connectivity index (χ4v) is 3.30. The monoisotopic (exact) mass is 282 g/mol. The van der Waals surface area contributed by atoms with Gasteiger partial charge in [-0.25, -0.2) is 18.1 Å². The van der Waals surface area contributed by atoms with E-state index in [1.807, 2.05) is 12.3 Å². The van der Waals surface area contributed by atoms with Crippen LogP contribution in [-0.4, -0.2) is 31.6 Å². The maximum atomic E-state index is 11.4. The average molecular weight is 283 g/mol. The Labute approximate surface area is 105 Å². The molecule has 0 aliphatic carbocycles. The number of halogens is 1. The molecule has 0 aliphatic heterocycles. The minimum atomic E-state index is -3.16. The Hall–Kier alpha value is -0.170. The van der Waals surface area contributed by atoms with Gasteiger partial charge in [0.1, 0.15) is 0 Å². The highest BCUT2D eigenvalue weighted by molar-refractivity contribution is 7.89. The Morgan fingerprint density at radius 2 is 2.31 bits per heavy atom. The van der Waals surface area contributed by atoms with Crippen LogP contribution in [0, 0.1) is 6.92 Å². The SMILES string of the molecule is Cc1csc(CCNS(=O)(=O)CCCCl)n1. The molecule has 1 heterocycles. The number of sulfonamides is 1. The summed E-state index contributed by atoms with van der Waals surface area (Å²) >= 11 is 6.99. The van der Waals surface area contributed by atoms with Gasteiger partial charge in [-0.2, -0.15) is 0 Å². The highest BCUT2D eigenvalue weighted by Crippen LogP contribution is 2.08. The number of alkyl halides is 1. The Balaban J connectivity index is 2.29. The van der Waals surface area contributed by atoms with E-state index in [1.165, 1.54) is 0 Å². The Kier molecular flexibility index (Phi) is 5.68. The molecule has 92 valence electrons. The summed E-state index contributed by atoms with van der Waals surface area (Å²) in [5.41, 5.74) is 0.977. The second-order valence-corrected chi connectivity index (χ2v) is 6.64. The molecule has 0 aliphatic rings. The lowest BCUT2D eigenvalue weighted by molar-refractivity contribution is 0.580. The first-order chi connectivity index (χ1) is 7.53. The number of hydrogen-bond donors (Lipinski definition) is 1. The maximum absolute atomic E-state index is 11.4. The van der Waals surface area contributed by atoms with E-state index in [4.69, 9.17) is 11.6 Å². The molecule has 0 bridgehead atoms. The second-order valence-electron chi connectivity index (χ2n) is 3.39. The molecule has 0 atom stereocenters. The van der Waals surface area contributed by atoms with Gasteiger partial charge in [-0.15, -0.1) is 22.9 Å². The molecule has 0 radical (unpaired) electrons. The Morgan fingerprint density at radius 3 is 2.88 bits per heavy atom. The summed E-state index contributed by atoms with van der Waals surface area (Å²) < 4.78 is 25.3. The molecule has 16 heavy (non-hydrogen) atoms. The highest BCUT2D eigenvalue weighted by atomic mass is 35.5. The van der Waals surface area contributed by atoms with Gasteiger partial charge in [0.05, 0.1) is 10.8 Å². The molecule has 0 spiro atoms. The van der Waals surface area contributed by atoms with E-state index < -0.39 is 10.0 Å². The van der Waals surface area contributed by atoms with Crippen molar-refractivity contribution >= 4 is 33.0 Å². The number of aryl methyl sites for hydroxylation is 1. The van der Waals surface area contributed by atoms with Crippen molar-refractivity contribution in [1.82, 2.24) is 9.71 Å². The molecule has 0 aromatic carbocycles. The Morgan fingerprint density at radius 1 is 1.56 bits per heavy atom. The minimum absolute atomic E-state index is 0.0907. The van der Waals surface area contributed by atoms with E-state index >= 15 is 0 Å². The van der Waals surface area contributed by atoms with Crippen LogP contribution >= 0.6 is 22.9 Å². The normalized spacial score (nSPS) is 11.9. The summed E-state index contributed by atoms with van der Waals surface area (Å²) in [6, 6.07) is 0. The molecular formula is C9H15ClN2O2S2. The zero-order chi connectivity index (χ0) is 12.0. The molecule has 1 rings (SSSR count). The maximum Gasteiger partial charge on any atom is 0.211 e. The fourth-order valence-electron chi connectivity index (χ4n) is 1.15. The smallest absolute Gasteiger partial charge is 0.211 e. The third-order valence-electron chi connectivity index (χ3n) is 1.87. The molecule has 1 aromatic rings. The zero-order valence-corrected chi connectivity index (χ0v) is 11.5. The zero-order valence-electron chi connectivity index (χ0n) is 9.07. The van der Waals surface area contributed by atoms with Crippen LogP contribution in [-0.2, 0) is 16.4 Å². The van der Waals surface area contributed by atoms with Gasteiger partial charge in [0.2, 0.25) is 10.0 Å². The first-order valence-electron chi connectivity index (χ1n) is 4.98. The molecular weight excluding hydrogens is 268 g/mol. The summed E-state index contributed by atoms with van der Waals surface area (Å²) in [4.78, 5) is 4.25. The van der Waals surface area contributed by atoms with Crippen LogP contribution < -0.4 is 4.72 Å². The predicted octanol–water partition coefficient (Wildman–Crippen LogP) is 1.54. The molecule has 1 aromatic heterocycles. The van der Waals surface area contributed by atoms with Crippen molar-refractivity contribution in [3.8, 4) is 0 Å². The third kappa shape index (κ3) is 5.25. The van der Waals surface area contributed by atoms with Gasteiger partial charge in [-0.3, -0.25) is 0 Å². The van der Waals surface area contributed by atoms with Gasteiger partial charge in [0, 0.05) is 29.9 Å². The van der Waals surface area contributed by atoms with E-state index in [0.29, 0.717) is 25.3 Å². The van der Waals surface area contributed by atoms with Crippen LogP contribution in [0.25, 0.3) is 0 Å². The lowest BCUT2D eigenvalue weighted by atomic mass is 10.4. The largest absolute Gasteiger partial charge is 0.247 e. The van der Waals surface area contributed by atoms with Crippen molar-refractivity contribution in [1.29, 1.82) is 0 Å². The summed E-state index contributed by atoms with van der Waals surface area (Å²) in [5.74, 6) is 0.458. The molecule has 0 saturated heterocycles. The molecule has 0 amide bonds. The van der Waals surface area contributed by atoms with Gasteiger partial charge >= 0.3 is 0 Å². The van der Waals surface area contributed by atoms with E-state index in [1.54, 1.807) is 11.3 Å². The number of nitrogens with zero attached hydrogens (tertiary/aromatic N) is 1. The summed E-state index contributed by atoms with van der Waals surface area (Å²) in [5, 5.41) is 2.91. The fraction of sp³-hybridized carbons (Fsp3) is 0.667. The summed E-state index contributed by atoms with van der Waals surface area (Å²) in [6.45, 7) is 2.32. The van der Waals surface area contributed by atoms with Crippen molar-refractivity contribution < 1.29 is 8.42 Å². The summed E-state index contributed by atoms with van der Waals surface area (Å²) in [7, 11) is -3.16. The molecule has 0 unspecified atom stereocenters. The van der Waals surface area contributed by atoms with Gasteiger partial charge in [0.15, 0.2) is 0 Å². The number of rotatable bonds is 7. The van der Waals surface area contributed by atoms with Crippen molar-refractivity contribution in [3.05, 3.63) is 16.1 Å². The van der Waals surface area contributed by atoms with Gasteiger partial charge < -0.3 is 0 Å². The highest BCUT2D eigenvalue weighted by Gasteiger charge is 2.09. The van der Waals surface area contributed by atoms with Crippen molar-refractivity contribution in [2.75, 3.05) is 18.2 Å². The number of hydrogen-bond acceptors (Lipinski definition) is 4. The average Bonchev–Trinajstić information content (AvgIpc) is 2.61. The van der Waals surface area contributed by atoms with E-state index in [0.717, 1.165) is 10.7 Å². The predicted molar refractivity (Wildman–Crippen MR) is 67.7 cm³/mol. The van der Waals surface area contributed by atoms with Crippen LogP contribution in [0.4, 0.5) is 0 Å². The molecule has 4 nitrogen and oxygen atoms in total. The van der Waals surface area contributed by atoms with Crippen LogP contribution in [0.3, 0.4) is 0 Å². The van der Waals surface area contributed by atoms with Gasteiger partial charge in [0.25, 0.3) is 0 Å². The van der Waals surface area contributed by atoms with Crippen LogP contribution in [0.2, 0.25) is 0 Å². The van der Waals surface area contributed by atoms with Crippen molar-refractivity contribution in [2.24, 2.45) is 0 Å². The van der Waals surface area contributed by atoms with E-state index in [9.17, 15) is 8.42 Å². The quantitative estimate of drug-likeness (QED) is 0.772. The molecule has 0 saturated carbocycles. The molecule has 0 fully saturated rings. The van der Waals surface area contributed by atoms with Gasteiger partial charge in [-0.05, 0) is 13.3 Å². The number of nitrogens with one attached hydrogen (secondary N) is 1. The van der Waals surface area contributed by atoms with Gasteiger partial charge in [-0.1, -0.05) is 0 Å². The van der Waals surface area contributed by atoms with Crippen LogP contribution in [0.15, 0.2) is 5.38 Å². The first kappa shape index (κ1) is 13.9. The minimum Gasteiger partial charge on any atom is -0.247 e. The Bertz CT molecular complexity index is 417. The van der Waals surface area contributed by atoms with Crippen molar-refractivity contribution in [3.63, 3.8) is 0 Å². The number of thiazole rings is 1. The lowest BCUT2D eigenvalue weighted by Gasteiger charge is -2.04. The van der Waals surface area contributed by atoms with Crippen LogP contribution in [0.1, 0.15) is 17.1 Å².